The second-order valence-corrected chi connectivity index (χ2v) is 5.64. The van der Waals surface area contributed by atoms with Gasteiger partial charge in [-0.3, -0.25) is 9.59 Å². The Morgan fingerprint density at radius 1 is 1.47 bits per heavy atom. The van der Waals surface area contributed by atoms with Gasteiger partial charge in [0.05, 0.1) is 0 Å². The Morgan fingerprint density at radius 3 is 2.76 bits per heavy atom. The van der Waals surface area contributed by atoms with Gasteiger partial charge >= 0.3 is 0 Å². The van der Waals surface area contributed by atoms with Gasteiger partial charge in [-0.05, 0) is 19.1 Å². The minimum absolute atomic E-state index is 0.0111. The molecule has 0 aromatic rings. The van der Waals surface area contributed by atoms with Crippen LogP contribution < -0.4 is 5.32 Å². The Hall–Kier alpha value is -0.710. The lowest BCUT2D eigenvalue weighted by Gasteiger charge is -2.29. The van der Waals surface area contributed by atoms with E-state index in [0.717, 1.165) is 11.5 Å². The molecule has 1 heterocycles. The summed E-state index contributed by atoms with van der Waals surface area (Å²) >= 11 is 1.83. The first-order chi connectivity index (χ1) is 8.10. The first kappa shape index (κ1) is 14.4. The molecule has 2 unspecified atom stereocenters. The standard InChI is InChI=1S/C12H22N2O2S/c1-4-10-12(16)14(7-6-11(15)13-10)9(3)8-17-5-2/h9-10H,4-8H2,1-3H3,(H,13,15). The first-order valence-electron chi connectivity index (χ1n) is 6.27. The Morgan fingerprint density at radius 2 is 2.18 bits per heavy atom. The van der Waals surface area contributed by atoms with Crippen molar-refractivity contribution in [2.24, 2.45) is 0 Å². The van der Waals surface area contributed by atoms with Gasteiger partial charge in [-0.25, -0.2) is 0 Å². The third-order valence-electron chi connectivity index (χ3n) is 3.00. The number of rotatable bonds is 5. The summed E-state index contributed by atoms with van der Waals surface area (Å²) in [5.41, 5.74) is 0. The predicted molar refractivity (Wildman–Crippen MR) is 71.0 cm³/mol. The molecule has 4 nitrogen and oxygen atoms in total. The molecule has 0 bridgehead atoms. The fourth-order valence-electron chi connectivity index (χ4n) is 1.95. The Kier molecular flexibility index (Phi) is 5.82. The first-order valence-corrected chi connectivity index (χ1v) is 7.43. The molecular formula is C12H22N2O2S. The summed E-state index contributed by atoms with van der Waals surface area (Å²) in [7, 11) is 0. The topological polar surface area (TPSA) is 49.4 Å². The van der Waals surface area contributed by atoms with Crippen molar-refractivity contribution in [2.45, 2.75) is 45.7 Å². The smallest absolute Gasteiger partial charge is 0.245 e. The summed E-state index contributed by atoms with van der Waals surface area (Å²) < 4.78 is 0. The van der Waals surface area contributed by atoms with Crippen LogP contribution in [0.2, 0.25) is 0 Å². The molecule has 1 saturated heterocycles. The molecule has 1 fully saturated rings. The van der Waals surface area contributed by atoms with Crippen LogP contribution in [0.1, 0.15) is 33.6 Å². The molecule has 0 aromatic carbocycles. The van der Waals surface area contributed by atoms with Crippen molar-refractivity contribution in [3.63, 3.8) is 0 Å². The van der Waals surface area contributed by atoms with E-state index in [1.54, 1.807) is 0 Å². The molecule has 1 aliphatic rings. The Balaban J connectivity index is 2.68. The number of hydrogen-bond donors (Lipinski definition) is 1. The van der Waals surface area contributed by atoms with E-state index in [4.69, 9.17) is 0 Å². The van der Waals surface area contributed by atoms with Crippen LogP contribution in [0, 0.1) is 0 Å². The molecule has 0 radical (unpaired) electrons. The summed E-state index contributed by atoms with van der Waals surface area (Å²) in [6, 6.07) is -0.131. The van der Waals surface area contributed by atoms with Crippen LogP contribution in [0.3, 0.4) is 0 Å². The molecule has 0 aromatic heterocycles. The van der Waals surface area contributed by atoms with E-state index < -0.39 is 0 Å². The third kappa shape index (κ3) is 3.91. The minimum Gasteiger partial charge on any atom is -0.344 e. The minimum atomic E-state index is -0.334. The molecule has 0 aliphatic carbocycles. The number of amides is 2. The number of thioether (sulfide) groups is 1. The molecule has 98 valence electrons. The predicted octanol–water partition coefficient (Wildman–Crippen LogP) is 1.26. The summed E-state index contributed by atoms with van der Waals surface area (Å²) in [6.07, 6.45) is 1.08. The Bertz CT molecular complexity index is 284. The fraction of sp³-hybridized carbons (Fsp3) is 0.833. The van der Waals surface area contributed by atoms with Crippen molar-refractivity contribution in [1.29, 1.82) is 0 Å². The van der Waals surface area contributed by atoms with Gasteiger partial charge in [0, 0.05) is 24.8 Å². The maximum atomic E-state index is 12.2. The van der Waals surface area contributed by atoms with Crippen molar-refractivity contribution < 1.29 is 9.59 Å². The van der Waals surface area contributed by atoms with Gasteiger partial charge in [-0.1, -0.05) is 13.8 Å². The number of hydrogen-bond acceptors (Lipinski definition) is 3. The fourth-order valence-corrected chi connectivity index (χ4v) is 2.71. The SMILES string of the molecule is CCSCC(C)N1CCC(=O)NC(CC)C1=O. The zero-order valence-corrected chi connectivity index (χ0v) is 11.7. The zero-order chi connectivity index (χ0) is 12.8. The van der Waals surface area contributed by atoms with E-state index in [9.17, 15) is 9.59 Å². The van der Waals surface area contributed by atoms with Crippen molar-refractivity contribution in [1.82, 2.24) is 10.2 Å². The van der Waals surface area contributed by atoms with Gasteiger partial charge < -0.3 is 10.2 Å². The largest absolute Gasteiger partial charge is 0.344 e. The van der Waals surface area contributed by atoms with E-state index >= 15 is 0 Å². The Labute approximate surface area is 108 Å². The van der Waals surface area contributed by atoms with Crippen LogP contribution >= 0.6 is 11.8 Å². The highest BCUT2D eigenvalue weighted by Gasteiger charge is 2.30. The normalized spacial score (nSPS) is 23.2. The van der Waals surface area contributed by atoms with Crippen LogP contribution in [0.15, 0.2) is 0 Å². The molecule has 5 heteroatoms. The maximum Gasteiger partial charge on any atom is 0.245 e. The molecule has 0 saturated carbocycles. The summed E-state index contributed by atoms with van der Waals surface area (Å²) in [5, 5.41) is 2.78. The molecule has 0 spiro atoms. The maximum absolute atomic E-state index is 12.2. The van der Waals surface area contributed by atoms with Crippen molar-refractivity contribution >= 4 is 23.6 Å². The highest BCUT2D eigenvalue weighted by Crippen LogP contribution is 2.14. The lowest BCUT2D eigenvalue weighted by molar-refractivity contribution is -0.134. The molecule has 17 heavy (non-hydrogen) atoms. The molecule has 2 amide bonds. The van der Waals surface area contributed by atoms with Crippen LogP contribution in [-0.2, 0) is 9.59 Å². The van der Waals surface area contributed by atoms with Crippen LogP contribution in [0.4, 0.5) is 0 Å². The number of carbonyl (C=O) groups excluding carboxylic acids is 2. The van der Waals surface area contributed by atoms with Gasteiger partial charge in [-0.2, -0.15) is 11.8 Å². The van der Waals surface area contributed by atoms with E-state index in [-0.39, 0.29) is 23.9 Å². The molecule has 1 rings (SSSR count). The summed E-state index contributed by atoms with van der Waals surface area (Å²) in [6.45, 7) is 6.65. The number of carbonyl (C=O) groups is 2. The molecular weight excluding hydrogens is 236 g/mol. The average molecular weight is 258 g/mol. The number of nitrogens with one attached hydrogen (secondary N) is 1. The lowest BCUT2D eigenvalue weighted by atomic mass is 10.2. The molecule has 1 N–H and O–H groups in total. The van der Waals surface area contributed by atoms with Crippen molar-refractivity contribution in [2.75, 3.05) is 18.1 Å². The van der Waals surface area contributed by atoms with Crippen LogP contribution in [0.25, 0.3) is 0 Å². The van der Waals surface area contributed by atoms with Gasteiger partial charge in [0.25, 0.3) is 0 Å². The second kappa shape index (κ2) is 6.89. The van der Waals surface area contributed by atoms with Crippen LogP contribution in [0.5, 0.6) is 0 Å². The number of nitrogens with zero attached hydrogens (tertiary/aromatic N) is 1. The van der Waals surface area contributed by atoms with E-state index in [0.29, 0.717) is 19.4 Å². The zero-order valence-electron chi connectivity index (χ0n) is 10.9. The highest BCUT2D eigenvalue weighted by molar-refractivity contribution is 7.99. The molecule has 2 atom stereocenters. The van der Waals surface area contributed by atoms with Gasteiger partial charge in [0.15, 0.2) is 0 Å². The van der Waals surface area contributed by atoms with E-state index in [1.807, 2.05) is 23.6 Å². The van der Waals surface area contributed by atoms with Crippen molar-refractivity contribution in [3.05, 3.63) is 0 Å². The van der Waals surface area contributed by atoms with Gasteiger partial charge in [0.1, 0.15) is 6.04 Å². The average Bonchev–Trinajstić information content (AvgIpc) is 2.46. The third-order valence-corrected chi connectivity index (χ3v) is 4.13. The summed E-state index contributed by atoms with van der Waals surface area (Å²) in [5.74, 6) is 2.05. The van der Waals surface area contributed by atoms with Gasteiger partial charge in [0.2, 0.25) is 11.8 Å². The second-order valence-electron chi connectivity index (χ2n) is 4.32. The lowest BCUT2D eigenvalue weighted by Crippen LogP contribution is -2.48. The quantitative estimate of drug-likeness (QED) is 0.807. The monoisotopic (exact) mass is 258 g/mol. The van der Waals surface area contributed by atoms with E-state index in [1.165, 1.54) is 0 Å². The van der Waals surface area contributed by atoms with E-state index in [2.05, 4.69) is 19.2 Å². The van der Waals surface area contributed by atoms with Crippen molar-refractivity contribution in [3.8, 4) is 0 Å². The summed E-state index contributed by atoms with van der Waals surface area (Å²) in [4.78, 5) is 25.6. The van der Waals surface area contributed by atoms with Crippen LogP contribution in [-0.4, -0.2) is 46.8 Å². The molecule has 1 aliphatic heterocycles. The van der Waals surface area contributed by atoms with Gasteiger partial charge in [-0.15, -0.1) is 0 Å². The highest BCUT2D eigenvalue weighted by atomic mass is 32.2.